The van der Waals surface area contributed by atoms with Gasteiger partial charge in [-0.2, -0.15) is 0 Å². The second kappa shape index (κ2) is 7.97. The third kappa shape index (κ3) is 3.94. The van der Waals surface area contributed by atoms with Crippen LogP contribution in [0.15, 0.2) is 30.5 Å². The molecule has 0 amide bonds. The van der Waals surface area contributed by atoms with Crippen molar-refractivity contribution in [1.29, 1.82) is 0 Å². The summed E-state index contributed by atoms with van der Waals surface area (Å²) < 4.78 is 5.96. The standard InChI is InChI=1S/C19H26N6O/c1-20-18-6-4-5-16(23-18)17-14-24(11-12-26-17)13-15-7-8-21-19(22-15)25-9-2-3-10-25/h4-8,17H,2-3,9-14H2,1H3,(H,20,23). The third-order valence-corrected chi connectivity index (χ3v) is 4.98. The minimum Gasteiger partial charge on any atom is -0.373 e. The molecule has 0 aliphatic carbocycles. The largest absolute Gasteiger partial charge is 0.373 e. The van der Waals surface area contributed by atoms with Crippen LogP contribution in [0, 0.1) is 0 Å². The molecular formula is C19H26N6O. The minimum atomic E-state index is -0.00283. The Kier molecular flexibility index (Phi) is 5.26. The average Bonchev–Trinajstić information content (AvgIpc) is 3.23. The molecule has 7 heteroatoms. The fourth-order valence-corrected chi connectivity index (χ4v) is 3.57. The monoisotopic (exact) mass is 354 g/mol. The fourth-order valence-electron chi connectivity index (χ4n) is 3.57. The molecule has 0 saturated carbocycles. The topological polar surface area (TPSA) is 66.4 Å². The zero-order valence-electron chi connectivity index (χ0n) is 15.3. The second-order valence-corrected chi connectivity index (χ2v) is 6.83. The SMILES string of the molecule is CNc1cccc(C2CN(Cc3ccnc(N4CCCC4)n3)CCO2)n1. The molecule has 2 aromatic rings. The summed E-state index contributed by atoms with van der Waals surface area (Å²) in [5, 5.41) is 3.09. The van der Waals surface area contributed by atoms with Crippen molar-refractivity contribution in [3.63, 3.8) is 0 Å². The number of nitrogens with zero attached hydrogens (tertiary/aromatic N) is 5. The molecule has 2 aliphatic rings. The predicted molar refractivity (Wildman–Crippen MR) is 101 cm³/mol. The Morgan fingerprint density at radius 3 is 2.88 bits per heavy atom. The smallest absolute Gasteiger partial charge is 0.225 e. The van der Waals surface area contributed by atoms with Gasteiger partial charge in [0.2, 0.25) is 5.95 Å². The predicted octanol–water partition coefficient (Wildman–Crippen LogP) is 2.09. The first-order valence-electron chi connectivity index (χ1n) is 9.37. The number of anilines is 2. The second-order valence-electron chi connectivity index (χ2n) is 6.83. The minimum absolute atomic E-state index is 0.00283. The lowest BCUT2D eigenvalue weighted by atomic mass is 10.2. The highest BCUT2D eigenvalue weighted by atomic mass is 16.5. The number of nitrogens with one attached hydrogen (secondary N) is 1. The van der Waals surface area contributed by atoms with Gasteiger partial charge in [-0.05, 0) is 31.0 Å². The summed E-state index contributed by atoms with van der Waals surface area (Å²) in [4.78, 5) is 18.5. The molecule has 7 nitrogen and oxygen atoms in total. The van der Waals surface area contributed by atoms with Crippen LogP contribution in [0.5, 0.6) is 0 Å². The Balaban J connectivity index is 1.42. The van der Waals surface area contributed by atoms with Crippen LogP contribution in [-0.4, -0.2) is 59.7 Å². The van der Waals surface area contributed by atoms with Gasteiger partial charge in [0.15, 0.2) is 0 Å². The van der Waals surface area contributed by atoms with E-state index in [0.717, 1.165) is 55.9 Å². The number of aromatic nitrogens is 3. The van der Waals surface area contributed by atoms with Crippen molar-refractivity contribution in [2.24, 2.45) is 0 Å². The maximum absolute atomic E-state index is 5.96. The van der Waals surface area contributed by atoms with Crippen molar-refractivity contribution in [2.75, 3.05) is 50.1 Å². The first kappa shape index (κ1) is 17.2. The molecule has 1 atom stereocenters. The quantitative estimate of drug-likeness (QED) is 0.882. The van der Waals surface area contributed by atoms with E-state index in [4.69, 9.17) is 9.72 Å². The van der Waals surface area contributed by atoms with Gasteiger partial charge in [0.1, 0.15) is 11.9 Å². The highest BCUT2D eigenvalue weighted by molar-refractivity contribution is 5.35. The molecule has 2 aromatic heterocycles. The van der Waals surface area contributed by atoms with Gasteiger partial charge >= 0.3 is 0 Å². The van der Waals surface area contributed by atoms with E-state index in [2.05, 4.69) is 25.1 Å². The lowest BCUT2D eigenvalue weighted by Gasteiger charge is -2.32. The molecule has 1 unspecified atom stereocenters. The number of hydrogen-bond donors (Lipinski definition) is 1. The molecule has 0 aromatic carbocycles. The van der Waals surface area contributed by atoms with Gasteiger partial charge in [-0.3, -0.25) is 4.90 Å². The van der Waals surface area contributed by atoms with E-state index in [1.54, 1.807) is 0 Å². The summed E-state index contributed by atoms with van der Waals surface area (Å²) in [5.41, 5.74) is 2.04. The first-order chi connectivity index (χ1) is 12.8. The molecule has 0 spiro atoms. The van der Waals surface area contributed by atoms with Crippen LogP contribution in [0.1, 0.15) is 30.3 Å². The Morgan fingerprint density at radius 1 is 1.15 bits per heavy atom. The molecular weight excluding hydrogens is 328 g/mol. The van der Waals surface area contributed by atoms with Crippen LogP contribution in [0.4, 0.5) is 11.8 Å². The van der Waals surface area contributed by atoms with Crippen LogP contribution in [-0.2, 0) is 11.3 Å². The zero-order chi connectivity index (χ0) is 17.8. The molecule has 2 fully saturated rings. The third-order valence-electron chi connectivity index (χ3n) is 4.98. The number of ether oxygens (including phenoxy) is 1. The van der Waals surface area contributed by atoms with Gasteiger partial charge in [-0.15, -0.1) is 0 Å². The molecule has 2 saturated heterocycles. The Labute approximate surface area is 154 Å². The molecule has 1 N–H and O–H groups in total. The van der Waals surface area contributed by atoms with Crippen LogP contribution >= 0.6 is 0 Å². The van der Waals surface area contributed by atoms with Crippen molar-refractivity contribution in [3.05, 3.63) is 41.9 Å². The number of morpholine rings is 1. The molecule has 26 heavy (non-hydrogen) atoms. The molecule has 0 bridgehead atoms. The summed E-state index contributed by atoms with van der Waals surface area (Å²) in [6, 6.07) is 8.03. The van der Waals surface area contributed by atoms with Crippen molar-refractivity contribution >= 4 is 11.8 Å². The molecule has 4 rings (SSSR count). The highest BCUT2D eigenvalue weighted by Crippen LogP contribution is 2.23. The van der Waals surface area contributed by atoms with E-state index in [1.165, 1.54) is 12.8 Å². The molecule has 2 aliphatic heterocycles. The Bertz CT molecular complexity index is 733. The summed E-state index contributed by atoms with van der Waals surface area (Å²) in [5.74, 6) is 1.74. The average molecular weight is 354 g/mol. The van der Waals surface area contributed by atoms with E-state index in [0.29, 0.717) is 6.61 Å². The van der Waals surface area contributed by atoms with Crippen LogP contribution < -0.4 is 10.2 Å². The number of rotatable bonds is 5. The van der Waals surface area contributed by atoms with E-state index < -0.39 is 0 Å². The van der Waals surface area contributed by atoms with E-state index >= 15 is 0 Å². The van der Waals surface area contributed by atoms with E-state index in [9.17, 15) is 0 Å². The molecule has 138 valence electrons. The van der Waals surface area contributed by atoms with Crippen molar-refractivity contribution in [3.8, 4) is 0 Å². The van der Waals surface area contributed by atoms with Crippen molar-refractivity contribution in [2.45, 2.75) is 25.5 Å². The highest BCUT2D eigenvalue weighted by Gasteiger charge is 2.24. The zero-order valence-corrected chi connectivity index (χ0v) is 15.3. The van der Waals surface area contributed by atoms with E-state index in [1.807, 2.05) is 37.5 Å². The van der Waals surface area contributed by atoms with Crippen molar-refractivity contribution in [1.82, 2.24) is 19.9 Å². The molecule has 4 heterocycles. The normalized spacial score (nSPS) is 21.1. The maximum atomic E-state index is 5.96. The lowest BCUT2D eigenvalue weighted by molar-refractivity contribution is -0.0352. The van der Waals surface area contributed by atoms with Gasteiger partial charge in [-0.25, -0.2) is 15.0 Å². The fraction of sp³-hybridized carbons (Fsp3) is 0.526. The van der Waals surface area contributed by atoms with Gasteiger partial charge in [0.25, 0.3) is 0 Å². The summed E-state index contributed by atoms with van der Waals surface area (Å²) in [6.45, 7) is 5.39. The first-order valence-corrected chi connectivity index (χ1v) is 9.37. The number of hydrogen-bond acceptors (Lipinski definition) is 7. The van der Waals surface area contributed by atoms with Gasteiger partial charge in [-0.1, -0.05) is 6.07 Å². The summed E-state index contributed by atoms with van der Waals surface area (Å²) in [6.07, 6.45) is 4.35. The Morgan fingerprint density at radius 2 is 2.04 bits per heavy atom. The van der Waals surface area contributed by atoms with Gasteiger partial charge < -0.3 is 15.0 Å². The van der Waals surface area contributed by atoms with Crippen LogP contribution in [0.3, 0.4) is 0 Å². The maximum Gasteiger partial charge on any atom is 0.225 e. The van der Waals surface area contributed by atoms with Gasteiger partial charge in [0.05, 0.1) is 18.0 Å². The molecule has 0 radical (unpaired) electrons. The van der Waals surface area contributed by atoms with Crippen molar-refractivity contribution < 1.29 is 4.74 Å². The lowest BCUT2D eigenvalue weighted by Crippen LogP contribution is -2.38. The van der Waals surface area contributed by atoms with Crippen LogP contribution in [0.25, 0.3) is 0 Å². The Hall–Kier alpha value is -2.25. The number of pyridine rings is 1. The van der Waals surface area contributed by atoms with E-state index in [-0.39, 0.29) is 6.10 Å². The summed E-state index contributed by atoms with van der Waals surface area (Å²) >= 11 is 0. The van der Waals surface area contributed by atoms with Crippen LogP contribution in [0.2, 0.25) is 0 Å². The van der Waals surface area contributed by atoms with Gasteiger partial charge in [0, 0.05) is 46.0 Å². The summed E-state index contributed by atoms with van der Waals surface area (Å²) in [7, 11) is 1.88.